The van der Waals surface area contributed by atoms with Crippen LogP contribution in [0.2, 0.25) is 0 Å². The van der Waals surface area contributed by atoms with Gasteiger partial charge in [0.2, 0.25) is 5.95 Å². The van der Waals surface area contributed by atoms with Crippen molar-refractivity contribution in [2.24, 2.45) is 0 Å². The molecule has 66 valence electrons. The van der Waals surface area contributed by atoms with Crippen molar-refractivity contribution in [3.05, 3.63) is 11.8 Å². The van der Waals surface area contributed by atoms with Crippen LogP contribution in [-0.4, -0.2) is 15.2 Å². The lowest BCUT2D eigenvalue weighted by atomic mass is 10.4. The number of nitrogen functional groups attached to an aromatic ring is 1. The Bertz CT molecular complexity index is 273. The Hall–Kier alpha value is -0.770. The first-order valence-corrected chi connectivity index (χ1v) is 4.73. The molecule has 0 saturated carbocycles. The molecule has 12 heavy (non-hydrogen) atoms. The second kappa shape index (κ2) is 3.76. The number of thioether (sulfide) groups is 1. The molecule has 0 atom stereocenters. The molecule has 4 heteroatoms. The second-order valence-corrected chi connectivity index (χ2v) is 4.45. The van der Waals surface area contributed by atoms with Crippen LogP contribution in [0.4, 0.5) is 5.95 Å². The Morgan fingerprint density at radius 2 is 2.17 bits per heavy atom. The average Bonchev–Trinajstić information content (AvgIpc) is 1.96. The van der Waals surface area contributed by atoms with Gasteiger partial charge < -0.3 is 5.73 Å². The van der Waals surface area contributed by atoms with Crippen LogP contribution in [0.5, 0.6) is 0 Å². The monoisotopic (exact) mass is 183 g/mol. The van der Waals surface area contributed by atoms with Gasteiger partial charge in [-0.05, 0) is 12.5 Å². The van der Waals surface area contributed by atoms with Gasteiger partial charge in [0.25, 0.3) is 0 Å². The van der Waals surface area contributed by atoms with Gasteiger partial charge in [-0.3, -0.25) is 0 Å². The van der Waals surface area contributed by atoms with Crippen molar-refractivity contribution in [3.63, 3.8) is 0 Å². The summed E-state index contributed by atoms with van der Waals surface area (Å²) < 4.78 is 0. The van der Waals surface area contributed by atoms with E-state index in [2.05, 4.69) is 23.8 Å². The van der Waals surface area contributed by atoms with Crippen LogP contribution < -0.4 is 5.73 Å². The Labute approximate surface area is 76.8 Å². The van der Waals surface area contributed by atoms with Gasteiger partial charge in [-0.2, -0.15) is 0 Å². The molecule has 0 fully saturated rings. The Morgan fingerprint density at radius 3 is 2.75 bits per heavy atom. The van der Waals surface area contributed by atoms with Crippen molar-refractivity contribution in [1.82, 2.24) is 9.97 Å². The number of hydrogen-bond acceptors (Lipinski definition) is 4. The minimum atomic E-state index is 0.351. The van der Waals surface area contributed by atoms with E-state index in [0.717, 1.165) is 10.6 Å². The summed E-state index contributed by atoms with van der Waals surface area (Å²) in [6, 6.07) is 0. The van der Waals surface area contributed by atoms with Crippen LogP contribution in [0.1, 0.15) is 19.4 Å². The van der Waals surface area contributed by atoms with E-state index in [9.17, 15) is 0 Å². The molecule has 1 aromatic heterocycles. The highest BCUT2D eigenvalue weighted by Crippen LogP contribution is 2.23. The maximum Gasteiger partial charge on any atom is 0.221 e. The molecule has 0 spiro atoms. The third-order valence-electron chi connectivity index (χ3n) is 1.29. The Morgan fingerprint density at radius 1 is 1.50 bits per heavy atom. The van der Waals surface area contributed by atoms with Crippen molar-refractivity contribution in [2.75, 3.05) is 5.73 Å². The maximum atomic E-state index is 5.47. The number of nitrogens with zero attached hydrogens (tertiary/aromatic N) is 2. The molecular formula is C8H13N3S. The lowest BCUT2D eigenvalue weighted by Crippen LogP contribution is -1.99. The van der Waals surface area contributed by atoms with Gasteiger partial charge >= 0.3 is 0 Å². The normalized spacial score (nSPS) is 10.7. The number of aromatic nitrogens is 2. The third-order valence-corrected chi connectivity index (χ3v) is 2.40. The number of aryl methyl sites for hydroxylation is 1. The van der Waals surface area contributed by atoms with Crippen molar-refractivity contribution < 1.29 is 0 Å². The fourth-order valence-corrected chi connectivity index (χ4v) is 1.61. The lowest BCUT2D eigenvalue weighted by Gasteiger charge is -2.06. The van der Waals surface area contributed by atoms with Crippen LogP contribution in [0.25, 0.3) is 0 Å². The number of anilines is 1. The van der Waals surface area contributed by atoms with Gasteiger partial charge in [-0.15, -0.1) is 11.8 Å². The highest BCUT2D eigenvalue weighted by molar-refractivity contribution is 7.99. The van der Waals surface area contributed by atoms with Gasteiger partial charge in [-0.25, -0.2) is 9.97 Å². The second-order valence-electron chi connectivity index (χ2n) is 2.88. The van der Waals surface area contributed by atoms with Crippen LogP contribution in [0.3, 0.4) is 0 Å². The number of rotatable bonds is 2. The third kappa shape index (κ3) is 2.37. The van der Waals surface area contributed by atoms with Gasteiger partial charge in [0, 0.05) is 11.4 Å². The van der Waals surface area contributed by atoms with Gasteiger partial charge in [0.05, 0.1) is 0 Å². The summed E-state index contributed by atoms with van der Waals surface area (Å²) in [6.07, 6.45) is 1.76. The topological polar surface area (TPSA) is 51.8 Å². The molecule has 0 saturated heterocycles. The highest BCUT2D eigenvalue weighted by atomic mass is 32.2. The van der Waals surface area contributed by atoms with E-state index < -0.39 is 0 Å². The summed E-state index contributed by atoms with van der Waals surface area (Å²) in [6.45, 7) is 6.25. The zero-order valence-electron chi connectivity index (χ0n) is 7.53. The first kappa shape index (κ1) is 9.32. The molecule has 3 nitrogen and oxygen atoms in total. The van der Waals surface area contributed by atoms with Crippen molar-refractivity contribution in [2.45, 2.75) is 31.0 Å². The number of hydrogen-bond donors (Lipinski definition) is 1. The van der Waals surface area contributed by atoms with Gasteiger partial charge in [0.15, 0.2) is 0 Å². The molecule has 0 bridgehead atoms. The molecular weight excluding hydrogens is 170 g/mol. The molecule has 1 rings (SSSR count). The minimum absolute atomic E-state index is 0.351. The van der Waals surface area contributed by atoms with Crippen LogP contribution in [-0.2, 0) is 0 Å². The fourth-order valence-electron chi connectivity index (χ4n) is 0.782. The summed E-state index contributed by atoms with van der Waals surface area (Å²) in [4.78, 5) is 8.04. The molecule has 1 aromatic rings. The quantitative estimate of drug-likeness (QED) is 0.561. The largest absolute Gasteiger partial charge is 0.368 e. The Kier molecular flexibility index (Phi) is 2.92. The summed E-state index contributed by atoms with van der Waals surface area (Å²) in [5, 5.41) is 1.51. The molecule has 1 heterocycles. The summed E-state index contributed by atoms with van der Waals surface area (Å²) in [7, 11) is 0. The van der Waals surface area contributed by atoms with Crippen LogP contribution in [0.15, 0.2) is 11.2 Å². The maximum absolute atomic E-state index is 5.47. The molecule has 2 N–H and O–H groups in total. The standard InChI is InChI=1S/C8H13N3S/c1-5(2)12-7-6(3)4-10-8(9)11-7/h4-5H,1-3H3,(H2,9,10,11). The Balaban J connectivity index is 2.90. The van der Waals surface area contributed by atoms with E-state index in [-0.39, 0.29) is 0 Å². The van der Waals surface area contributed by atoms with Crippen molar-refractivity contribution in [3.8, 4) is 0 Å². The zero-order chi connectivity index (χ0) is 9.14. The van der Waals surface area contributed by atoms with E-state index in [1.807, 2.05) is 6.92 Å². The smallest absolute Gasteiger partial charge is 0.221 e. The molecule has 0 aromatic carbocycles. The van der Waals surface area contributed by atoms with E-state index in [1.54, 1.807) is 18.0 Å². The first-order chi connectivity index (χ1) is 5.59. The molecule has 0 unspecified atom stereocenters. The summed E-state index contributed by atoms with van der Waals surface area (Å²) in [5.74, 6) is 0.351. The van der Waals surface area contributed by atoms with Gasteiger partial charge in [-0.1, -0.05) is 13.8 Å². The van der Waals surface area contributed by atoms with E-state index in [0.29, 0.717) is 11.2 Å². The number of nitrogens with two attached hydrogens (primary N) is 1. The highest BCUT2D eigenvalue weighted by Gasteiger charge is 2.04. The predicted octanol–water partition coefficient (Wildman–Crippen LogP) is 1.87. The zero-order valence-corrected chi connectivity index (χ0v) is 8.35. The predicted molar refractivity (Wildman–Crippen MR) is 52.2 cm³/mol. The average molecular weight is 183 g/mol. The minimum Gasteiger partial charge on any atom is -0.368 e. The van der Waals surface area contributed by atoms with Crippen LogP contribution in [0, 0.1) is 6.92 Å². The van der Waals surface area contributed by atoms with E-state index >= 15 is 0 Å². The van der Waals surface area contributed by atoms with E-state index in [1.165, 1.54) is 0 Å². The summed E-state index contributed by atoms with van der Waals surface area (Å²) >= 11 is 1.71. The van der Waals surface area contributed by atoms with E-state index in [4.69, 9.17) is 5.73 Å². The van der Waals surface area contributed by atoms with Crippen molar-refractivity contribution in [1.29, 1.82) is 0 Å². The molecule has 0 aliphatic carbocycles. The molecule has 0 aliphatic rings. The van der Waals surface area contributed by atoms with Gasteiger partial charge in [0.1, 0.15) is 5.03 Å². The molecule has 0 aliphatic heterocycles. The fraction of sp³-hybridized carbons (Fsp3) is 0.500. The summed E-state index contributed by atoms with van der Waals surface area (Å²) in [5.41, 5.74) is 6.55. The molecule has 0 amide bonds. The lowest BCUT2D eigenvalue weighted by molar-refractivity contribution is 1.00. The van der Waals surface area contributed by atoms with Crippen LogP contribution >= 0.6 is 11.8 Å². The van der Waals surface area contributed by atoms with Crippen molar-refractivity contribution >= 4 is 17.7 Å². The SMILES string of the molecule is Cc1cnc(N)nc1SC(C)C. The first-order valence-electron chi connectivity index (χ1n) is 3.85. The molecule has 0 radical (unpaired) electrons.